The topological polar surface area (TPSA) is 83.4 Å². The summed E-state index contributed by atoms with van der Waals surface area (Å²) >= 11 is 0. The molecular formula is C19H24FN3O3S. The summed E-state index contributed by atoms with van der Waals surface area (Å²) in [4.78, 5) is 8.93. The number of hydrogen-bond donors (Lipinski definition) is 1. The molecule has 0 saturated carbocycles. The van der Waals surface area contributed by atoms with E-state index in [1.54, 1.807) is 25.1 Å². The predicted octanol–water partition coefficient (Wildman–Crippen LogP) is 3.81. The molecule has 0 saturated heterocycles. The molecule has 2 aromatic rings. The molecule has 1 aromatic carbocycles. The van der Waals surface area contributed by atoms with Gasteiger partial charge in [-0.3, -0.25) is 0 Å². The van der Waals surface area contributed by atoms with Crippen LogP contribution in [0.1, 0.15) is 37.9 Å². The molecule has 0 fully saturated rings. The largest absolute Gasteiger partial charge is 0.513 e. The van der Waals surface area contributed by atoms with Crippen molar-refractivity contribution in [3.05, 3.63) is 53.2 Å². The lowest BCUT2D eigenvalue weighted by Crippen LogP contribution is -2.27. The molecule has 0 aliphatic carbocycles. The van der Waals surface area contributed by atoms with Crippen LogP contribution in [0, 0.1) is 5.82 Å². The maximum absolute atomic E-state index is 13.4. The third-order valence-corrected chi connectivity index (χ3v) is 5.23. The molecule has 0 unspecified atom stereocenters. The van der Waals surface area contributed by atoms with Crippen LogP contribution in [0.5, 0.6) is 0 Å². The van der Waals surface area contributed by atoms with E-state index < -0.39 is 10.0 Å². The minimum atomic E-state index is -3.55. The standard InChI is InChI=1S/C19H24FN3O3S/c1-12(2)17-16(11-6-13(3)24)18(14-7-9-15(20)10-8-14)22-19(21-17)23(4)27(5,25)26/h6-10,12,24H,11H2,1-5H3/b13-6+. The molecule has 0 aliphatic rings. The maximum Gasteiger partial charge on any atom is 0.239 e. The SMILES string of the molecule is C/C(O)=C\Cc1c(-c2ccc(F)cc2)nc(N(C)S(C)(=O)=O)nc1C(C)C. The zero-order chi connectivity index (χ0) is 20.4. The number of halogens is 1. The number of benzene rings is 1. The Bertz CT molecular complexity index is 951. The van der Waals surface area contributed by atoms with Crippen LogP contribution in [-0.4, -0.2) is 36.8 Å². The monoisotopic (exact) mass is 393 g/mol. The van der Waals surface area contributed by atoms with Crippen molar-refractivity contribution in [2.75, 3.05) is 17.6 Å². The van der Waals surface area contributed by atoms with Crippen LogP contribution < -0.4 is 4.31 Å². The van der Waals surface area contributed by atoms with Crippen LogP contribution in [0.2, 0.25) is 0 Å². The average molecular weight is 393 g/mol. The molecular weight excluding hydrogens is 369 g/mol. The minimum Gasteiger partial charge on any atom is -0.513 e. The second-order valence-electron chi connectivity index (χ2n) is 6.68. The number of rotatable bonds is 6. The predicted molar refractivity (Wildman–Crippen MR) is 105 cm³/mol. The van der Waals surface area contributed by atoms with Gasteiger partial charge in [0.15, 0.2) is 0 Å². The van der Waals surface area contributed by atoms with Gasteiger partial charge in [-0.15, -0.1) is 0 Å². The molecule has 0 radical (unpaired) electrons. The van der Waals surface area contributed by atoms with Gasteiger partial charge in [0.25, 0.3) is 0 Å². The molecule has 0 aliphatic heterocycles. The fourth-order valence-electron chi connectivity index (χ4n) is 2.55. The Hall–Kier alpha value is -2.48. The van der Waals surface area contributed by atoms with Gasteiger partial charge in [-0.05, 0) is 49.6 Å². The number of aliphatic hydroxyl groups is 1. The first-order valence-corrected chi connectivity index (χ1v) is 10.3. The lowest BCUT2D eigenvalue weighted by atomic mass is 9.96. The normalized spacial score (nSPS) is 12.5. The highest BCUT2D eigenvalue weighted by molar-refractivity contribution is 7.92. The molecule has 1 N–H and O–H groups in total. The van der Waals surface area contributed by atoms with Gasteiger partial charge in [0.1, 0.15) is 5.82 Å². The van der Waals surface area contributed by atoms with Gasteiger partial charge in [-0.25, -0.2) is 27.1 Å². The van der Waals surface area contributed by atoms with E-state index in [1.807, 2.05) is 13.8 Å². The number of aromatic nitrogens is 2. The first-order chi connectivity index (χ1) is 12.5. The molecule has 1 aromatic heterocycles. The second-order valence-corrected chi connectivity index (χ2v) is 8.69. The Morgan fingerprint density at radius 3 is 2.33 bits per heavy atom. The fourth-order valence-corrected chi connectivity index (χ4v) is 2.93. The summed E-state index contributed by atoms with van der Waals surface area (Å²) in [5, 5.41) is 9.57. The number of hydrogen-bond acceptors (Lipinski definition) is 5. The second kappa shape index (κ2) is 8.04. The smallest absolute Gasteiger partial charge is 0.239 e. The van der Waals surface area contributed by atoms with Gasteiger partial charge in [-0.2, -0.15) is 0 Å². The highest BCUT2D eigenvalue weighted by atomic mass is 32.2. The molecule has 0 spiro atoms. The van der Waals surface area contributed by atoms with E-state index in [4.69, 9.17) is 0 Å². The average Bonchev–Trinajstić information content (AvgIpc) is 2.58. The van der Waals surface area contributed by atoms with Crippen molar-refractivity contribution in [2.45, 2.75) is 33.1 Å². The van der Waals surface area contributed by atoms with Crippen molar-refractivity contribution in [2.24, 2.45) is 0 Å². The van der Waals surface area contributed by atoms with E-state index in [0.717, 1.165) is 16.1 Å². The van der Waals surface area contributed by atoms with Crippen molar-refractivity contribution in [3.8, 4) is 11.3 Å². The van der Waals surface area contributed by atoms with Gasteiger partial charge in [0.05, 0.1) is 23.4 Å². The van der Waals surface area contributed by atoms with Crippen LogP contribution >= 0.6 is 0 Å². The molecule has 0 bridgehead atoms. The zero-order valence-electron chi connectivity index (χ0n) is 16.1. The van der Waals surface area contributed by atoms with Crippen LogP contribution in [0.15, 0.2) is 36.1 Å². The number of sulfonamides is 1. The highest BCUT2D eigenvalue weighted by Gasteiger charge is 2.22. The van der Waals surface area contributed by atoms with E-state index >= 15 is 0 Å². The first kappa shape index (κ1) is 20.8. The molecule has 146 valence electrons. The van der Waals surface area contributed by atoms with Crippen molar-refractivity contribution < 1.29 is 17.9 Å². The molecule has 6 nitrogen and oxygen atoms in total. The highest BCUT2D eigenvalue weighted by Crippen LogP contribution is 2.31. The Morgan fingerprint density at radius 2 is 1.85 bits per heavy atom. The quantitative estimate of drug-likeness (QED) is 0.755. The fraction of sp³-hybridized carbons (Fsp3) is 0.368. The van der Waals surface area contributed by atoms with Crippen LogP contribution in [0.4, 0.5) is 10.3 Å². The minimum absolute atomic E-state index is 0.0127. The summed E-state index contributed by atoms with van der Waals surface area (Å²) in [6, 6.07) is 5.82. The summed E-state index contributed by atoms with van der Waals surface area (Å²) < 4.78 is 38.3. The summed E-state index contributed by atoms with van der Waals surface area (Å²) in [5.41, 5.74) is 2.59. The third kappa shape index (κ3) is 5.03. The number of nitrogens with zero attached hydrogens (tertiary/aromatic N) is 3. The van der Waals surface area contributed by atoms with Crippen molar-refractivity contribution in [1.29, 1.82) is 0 Å². The maximum atomic E-state index is 13.4. The van der Waals surface area contributed by atoms with Gasteiger partial charge in [0, 0.05) is 18.2 Å². The van der Waals surface area contributed by atoms with Crippen LogP contribution in [-0.2, 0) is 16.4 Å². The van der Waals surface area contributed by atoms with E-state index in [9.17, 15) is 17.9 Å². The van der Waals surface area contributed by atoms with Gasteiger partial charge in [0.2, 0.25) is 16.0 Å². The molecule has 0 amide bonds. The number of aliphatic hydroxyl groups excluding tert-OH is 1. The van der Waals surface area contributed by atoms with Crippen molar-refractivity contribution in [3.63, 3.8) is 0 Å². The molecule has 8 heteroatoms. The van der Waals surface area contributed by atoms with Gasteiger partial charge >= 0.3 is 0 Å². The Balaban J connectivity index is 2.79. The van der Waals surface area contributed by atoms with E-state index in [-0.39, 0.29) is 23.4 Å². The number of allylic oxidation sites excluding steroid dienone is 2. The van der Waals surface area contributed by atoms with E-state index in [1.165, 1.54) is 19.2 Å². The summed E-state index contributed by atoms with van der Waals surface area (Å²) in [5.74, 6) is -0.180. The van der Waals surface area contributed by atoms with Gasteiger partial charge < -0.3 is 5.11 Å². The number of anilines is 1. The zero-order valence-corrected chi connectivity index (χ0v) is 16.9. The van der Waals surface area contributed by atoms with Crippen molar-refractivity contribution >= 4 is 16.0 Å². The van der Waals surface area contributed by atoms with Crippen LogP contribution in [0.3, 0.4) is 0 Å². The Morgan fingerprint density at radius 1 is 1.26 bits per heavy atom. The molecule has 27 heavy (non-hydrogen) atoms. The lowest BCUT2D eigenvalue weighted by molar-refractivity contribution is 0.412. The lowest BCUT2D eigenvalue weighted by Gasteiger charge is -2.21. The first-order valence-electron chi connectivity index (χ1n) is 8.47. The van der Waals surface area contributed by atoms with E-state index in [0.29, 0.717) is 23.4 Å². The molecule has 1 heterocycles. The molecule has 0 atom stereocenters. The Labute approximate surface area is 159 Å². The van der Waals surface area contributed by atoms with E-state index in [2.05, 4.69) is 9.97 Å². The van der Waals surface area contributed by atoms with Crippen LogP contribution in [0.25, 0.3) is 11.3 Å². The Kier molecular flexibility index (Phi) is 6.20. The summed E-state index contributed by atoms with van der Waals surface area (Å²) in [6.45, 7) is 5.46. The van der Waals surface area contributed by atoms with Crippen molar-refractivity contribution in [1.82, 2.24) is 9.97 Å². The summed E-state index contributed by atoms with van der Waals surface area (Å²) in [6.07, 6.45) is 3.08. The third-order valence-electron chi connectivity index (χ3n) is 4.07. The molecule has 2 rings (SSSR count). The van der Waals surface area contributed by atoms with Gasteiger partial charge in [-0.1, -0.05) is 13.8 Å². The summed E-state index contributed by atoms with van der Waals surface area (Å²) in [7, 11) is -2.16.